The predicted molar refractivity (Wildman–Crippen MR) is 103 cm³/mol. The van der Waals surface area contributed by atoms with Crippen molar-refractivity contribution in [3.63, 3.8) is 0 Å². The molecule has 0 saturated heterocycles. The number of hydrogen-bond donors (Lipinski definition) is 0. The molecule has 0 saturated carbocycles. The summed E-state index contributed by atoms with van der Waals surface area (Å²) < 4.78 is 16.8. The van der Waals surface area contributed by atoms with Crippen molar-refractivity contribution in [1.82, 2.24) is 20.3 Å². The summed E-state index contributed by atoms with van der Waals surface area (Å²) in [5.74, 6) is 2.23. The van der Waals surface area contributed by atoms with Crippen LogP contribution < -0.4 is 4.74 Å². The number of rotatable bonds is 7. The van der Waals surface area contributed by atoms with Gasteiger partial charge in [0.05, 0.1) is 22.3 Å². The zero-order valence-corrected chi connectivity index (χ0v) is 16.3. The number of hydrogen-bond acceptors (Lipinski definition) is 9. The highest BCUT2D eigenvalue weighted by atomic mass is 32.2. The number of para-hydroxylation sites is 1. The van der Waals surface area contributed by atoms with Gasteiger partial charge in [0.1, 0.15) is 5.75 Å². The molecule has 0 aliphatic rings. The van der Waals surface area contributed by atoms with Gasteiger partial charge < -0.3 is 13.7 Å². The second-order valence-corrected chi connectivity index (χ2v) is 7.74. The van der Waals surface area contributed by atoms with Crippen LogP contribution in [0, 0.1) is 0 Å². The Labute approximate surface area is 163 Å². The Balaban J connectivity index is 1.50. The number of ether oxygens (including phenoxy) is 1. The molecule has 138 valence electrons. The molecule has 3 aromatic heterocycles. The average Bonchev–Trinajstić information content (AvgIpc) is 3.43. The van der Waals surface area contributed by atoms with Crippen LogP contribution in [0.3, 0.4) is 0 Å². The van der Waals surface area contributed by atoms with Crippen LogP contribution in [-0.4, -0.2) is 26.9 Å². The fraction of sp³-hybridized carbons (Fsp3) is 0.222. The Morgan fingerprint density at radius 3 is 2.89 bits per heavy atom. The van der Waals surface area contributed by atoms with E-state index in [1.165, 1.54) is 11.8 Å². The summed E-state index contributed by atoms with van der Waals surface area (Å²) in [4.78, 5) is 5.42. The zero-order valence-electron chi connectivity index (χ0n) is 14.7. The van der Waals surface area contributed by atoms with Crippen LogP contribution in [0.25, 0.3) is 22.2 Å². The predicted octanol–water partition coefficient (Wildman–Crippen LogP) is 5.10. The molecule has 0 spiro atoms. The Morgan fingerprint density at radius 2 is 2.07 bits per heavy atom. The van der Waals surface area contributed by atoms with Crippen molar-refractivity contribution in [2.75, 3.05) is 6.61 Å². The minimum Gasteiger partial charge on any atom is -0.493 e. The second-order valence-electron chi connectivity index (χ2n) is 5.50. The van der Waals surface area contributed by atoms with Crippen molar-refractivity contribution < 1.29 is 13.7 Å². The Hall–Kier alpha value is -2.65. The van der Waals surface area contributed by atoms with Gasteiger partial charge in [-0.1, -0.05) is 35.1 Å². The molecular weight excluding hydrogens is 384 g/mol. The van der Waals surface area contributed by atoms with Gasteiger partial charge in [-0.2, -0.15) is 4.98 Å². The molecule has 3 heterocycles. The van der Waals surface area contributed by atoms with Gasteiger partial charge in [-0.25, -0.2) is 0 Å². The van der Waals surface area contributed by atoms with E-state index in [1.54, 1.807) is 11.3 Å². The largest absolute Gasteiger partial charge is 0.493 e. The smallest absolute Gasteiger partial charge is 0.277 e. The van der Waals surface area contributed by atoms with E-state index >= 15 is 0 Å². The topological polar surface area (TPSA) is 87.1 Å². The number of benzene rings is 1. The SMILES string of the molecule is CCOc1ccccc1-c1nnc(SC(C)c2nc(-c3cccs3)no2)o1. The van der Waals surface area contributed by atoms with Gasteiger partial charge in [0, 0.05) is 0 Å². The fourth-order valence-electron chi connectivity index (χ4n) is 2.40. The molecule has 0 amide bonds. The van der Waals surface area contributed by atoms with Crippen molar-refractivity contribution in [1.29, 1.82) is 0 Å². The Morgan fingerprint density at radius 1 is 1.19 bits per heavy atom. The highest BCUT2D eigenvalue weighted by molar-refractivity contribution is 7.99. The van der Waals surface area contributed by atoms with Crippen LogP contribution >= 0.6 is 23.1 Å². The van der Waals surface area contributed by atoms with Gasteiger partial charge in [0.15, 0.2) is 0 Å². The molecule has 0 aliphatic heterocycles. The van der Waals surface area contributed by atoms with Gasteiger partial charge in [0.2, 0.25) is 11.7 Å². The van der Waals surface area contributed by atoms with E-state index in [0.717, 1.165) is 10.4 Å². The third-order valence-electron chi connectivity index (χ3n) is 3.63. The van der Waals surface area contributed by atoms with E-state index in [2.05, 4.69) is 20.3 Å². The van der Waals surface area contributed by atoms with Crippen LogP contribution in [0.15, 0.2) is 55.9 Å². The normalized spacial score (nSPS) is 12.2. The summed E-state index contributed by atoms with van der Waals surface area (Å²) >= 11 is 2.93. The summed E-state index contributed by atoms with van der Waals surface area (Å²) in [6.45, 7) is 4.45. The van der Waals surface area contributed by atoms with E-state index in [1.807, 2.05) is 55.6 Å². The van der Waals surface area contributed by atoms with E-state index in [4.69, 9.17) is 13.7 Å². The third-order valence-corrected chi connectivity index (χ3v) is 5.42. The van der Waals surface area contributed by atoms with E-state index in [0.29, 0.717) is 35.2 Å². The molecule has 4 rings (SSSR count). The van der Waals surface area contributed by atoms with E-state index < -0.39 is 0 Å². The monoisotopic (exact) mass is 400 g/mol. The number of thiophene rings is 1. The van der Waals surface area contributed by atoms with Gasteiger partial charge in [-0.15, -0.1) is 21.5 Å². The van der Waals surface area contributed by atoms with Gasteiger partial charge in [-0.05, 0) is 37.4 Å². The maximum atomic E-state index is 5.80. The Bertz CT molecular complexity index is 1010. The van der Waals surface area contributed by atoms with Crippen molar-refractivity contribution in [3.8, 4) is 27.9 Å². The molecule has 1 unspecified atom stereocenters. The van der Waals surface area contributed by atoms with Crippen LogP contribution in [0.2, 0.25) is 0 Å². The van der Waals surface area contributed by atoms with Crippen LogP contribution in [0.4, 0.5) is 0 Å². The van der Waals surface area contributed by atoms with Crippen molar-refractivity contribution >= 4 is 23.1 Å². The highest BCUT2D eigenvalue weighted by Gasteiger charge is 2.21. The summed E-state index contributed by atoms with van der Waals surface area (Å²) in [7, 11) is 0. The summed E-state index contributed by atoms with van der Waals surface area (Å²) in [6.07, 6.45) is 0. The molecule has 0 aliphatic carbocycles. The summed E-state index contributed by atoms with van der Waals surface area (Å²) in [5.41, 5.74) is 0.768. The Kier molecular flexibility index (Phi) is 5.21. The first kappa shape index (κ1) is 17.7. The molecule has 7 nitrogen and oxygen atoms in total. The zero-order chi connectivity index (χ0) is 18.6. The first-order chi connectivity index (χ1) is 13.2. The van der Waals surface area contributed by atoms with Crippen LogP contribution in [-0.2, 0) is 0 Å². The van der Waals surface area contributed by atoms with Gasteiger partial charge >= 0.3 is 0 Å². The van der Waals surface area contributed by atoms with Crippen molar-refractivity contribution in [2.45, 2.75) is 24.3 Å². The minimum atomic E-state index is -0.123. The molecule has 0 fully saturated rings. The minimum absolute atomic E-state index is 0.123. The van der Waals surface area contributed by atoms with Gasteiger partial charge in [-0.3, -0.25) is 0 Å². The lowest BCUT2D eigenvalue weighted by molar-refractivity contribution is 0.340. The maximum Gasteiger partial charge on any atom is 0.277 e. The lowest BCUT2D eigenvalue weighted by atomic mass is 10.2. The molecular formula is C18H16N4O3S2. The highest BCUT2D eigenvalue weighted by Crippen LogP contribution is 2.37. The molecule has 1 atom stereocenters. The molecule has 0 bridgehead atoms. The first-order valence-corrected chi connectivity index (χ1v) is 10.1. The average molecular weight is 400 g/mol. The van der Waals surface area contributed by atoms with Crippen molar-refractivity contribution in [2.24, 2.45) is 0 Å². The number of nitrogens with zero attached hydrogens (tertiary/aromatic N) is 4. The van der Waals surface area contributed by atoms with Crippen LogP contribution in [0.5, 0.6) is 5.75 Å². The fourth-order valence-corrected chi connectivity index (χ4v) is 3.76. The lowest BCUT2D eigenvalue weighted by Crippen LogP contribution is -1.93. The van der Waals surface area contributed by atoms with Gasteiger partial charge in [0.25, 0.3) is 11.1 Å². The molecule has 27 heavy (non-hydrogen) atoms. The third kappa shape index (κ3) is 3.88. The standard InChI is InChI=1S/C18H16N4O3S2/c1-3-23-13-8-5-4-7-12(13)17-20-21-18(24-17)27-11(2)16-19-15(22-25-16)14-9-6-10-26-14/h4-11H,3H2,1-2H3. The molecule has 1 aromatic carbocycles. The molecule has 0 N–H and O–H groups in total. The summed E-state index contributed by atoms with van der Waals surface area (Å²) in [6, 6.07) is 11.5. The first-order valence-electron chi connectivity index (χ1n) is 8.34. The second kappa shape index (κ2) is 7.93. The number of aromatic nitrogens is 4. The van der Waals surface area contributed by atoms with E-state index in [9.17, 15) is 0 Å². The van der Waals surface area contributed by atoms with E-state index in [-0.39, 0.29) is 5.25 Å². The summed E-state index contributed by atoms with van der Waals surface area (Å²) in [5, 5.41) is 14.6. The molecule has 9 heteroatoms. The van der Waals surface area contributed by atoms with Crippen LogP contribution in [0.1, 0.15) is 25.0 Å². The molecule has 0 radical (unpaired) electrons. The quantitative estimate of drug-likeness (QED) is 0.396. The van der Waals surface area contributed by atoms with Crippen molar-refractivity contribution in [3.05, 3.63) is 47.7 Å². The molecule has 4 aromatic rings. The number of thioether (sulfide) groups is 1. The maximum absolute atomic E-state index is 5.80. The lowest BCUT2D eigenvalue weighted by Gasteiger charge is -2.06.